The number of aromatic nitrogens is 4. The highest BCUT2D eigenvalue weighted by molar-refractivity contribution is 5.69. The third-order valence-electron chi connectivity index (χ3n) is 5.71. The molecule has 5 rings (SSSR count). The molecule has 8 nitrogen and oxygen atoms in total. The molecule has 38 heavy (non-hydrogen) atoms. The van der Waals surface area contributed by atoms with E-state index in [1.54, 1.807) is 24.4 Å². The SMILES string of the molecule is CCc1cccc(-c2nc(N=NCc3ccc(Nc4ccc(-c5cccc(O)c5)cc4)cn3)ncc2F)n1. The van der Waals surface area contributed by atoms with E-state index in [-0.39, 0.29) is 23.9 Å². The molecule has 0 bridgehead atoms. The lowest BCUT2D eigenvalue weighted by Gasteiger charge is -2.08. The predicted octanol–water partition coefficient (Wildman–Crippen LogP) is 7.04. The van der Waals surface area contributed by atoms with Crippen molar-refractivity contribution in [3.8, 4) is 28.3 Å². The zero-order chi connectivity index (χ0) is 26.3. The number of anilines is 2. The first-order valence-electron chi connectivity index (χ1n) is 12.0. The summed E-state index contributed by atoms with van der Waals surface area (Å²) in [6, 6.07) is 24.2. The molecule has 0 atom stereocenters. The number of hydrogen-bond acceptors (Lipinski definition) is 8. The fourth-order valence-corrected chi connectivity index (χ4v) is 3.76. The molecule has 0 aliphatic heterocycles. The Balaban J connectivity index is 1.21. The highest BCUT2D eigenvalue weighted by atomic mass is 19.1. The standard InChI is InChI=1S/C29H24FN7O/c1-2-21-6-4-8-27(35-21)28-26(30)18-32-29(36-28)37-33-17-23-13-14-24(16-31-23)34-22-11-9-19(10-12-22)20-5-3-7-25(38)15-20/h3-16,18,34,38H,2,17H2,1H3. The lowest BCUT2D eigenvalue weighted by Crippen LogP contribution is -1.96. The summed E-state index contributed by atoms with van der Waals surface area (Å²) in [7, 11) is 0. The molecule has 0 fully saturated rings. The summed E-state index contributed by atoms with van der Waals surface area (Å²) in [6.07, 6.45) is 3.53. The number of halogens is 1. The van der Waals surface area contributed by atoms with Crippen molar-refractivity contribution < 1.29 is 9.50 Å². The average Bonchev–Trinajstić information content (AvgIpc) is 2.95. The van der Waals surface area contributed by atoms with Gasteiger partial charge < -0.3 is 10.4 Å². The van der Waals surface area contributed by atoms with E-state index < -0.39 is 5.82 Å². The fourth-order valence-electron chi connectivity index (χ4n) is 3.76. The summed E-state index contributed by atoms with van der Waals surface area (Å²) in [5.74, 6) is -0.277. The number of azo groups is 1. The molecule has 0 aliphatic carbocycles. The molecule has 188 valence electrons. The summed E-state index contributed by atoms with van der Waals surface area (Å²) in [4.78, 5) is 16.9. The number of hydrogen-bond donors (Lipinski definition) is 2. The molecule has 0 amide bonds. The number of aromatic hydroxyl groups is 1. The highest BCUT2D eigenvalue weighted by Crippen LogP contribution is 2.26. The smallest absolute Gasteiger partial charge is 0.269 e. The molecule has 0 radical (unpaired) electrons. The van der Waals surface area contributed by atoms with Gasteiger partial charge in [-0.1, -0.05) is 37.3 Å². The van der Waals surface area contributed by atoms with Gasteiger partial charge in [-0.05, 0) is 66.1 Å². The molecule has 0 saturated carbocycles. The van der Waals surface area contributed by atoms with Crippen LogP contribution in [0.25, 0.3) is 22.5 Å². The fraction of sp³-hybridized carbons (Fsp3) is 0.103. The summed E-state index contributed by atoms with van der Waals surface area (Å²) >= 11 is 0. The molecular formula is C29H24FN7O. The zero-order valence-corrected chi connectivity index (χ0v) is 20.6. The van der Waals surface area contributed by atoms with Crippen LogP contribution in [0.2, 0.25) is 0 Å². The van der Waals surface area contributed by atoms with Crippen molar-refractivity contribution in [2.75, 3.05) is 5.32 Å². The number of nitrogens with one attached hydrogen (secondary N) is 1. The minimum atomic E-state index is -0.566. The lowest BCUT2D eigenvalue weighted by atomic mass is 10.1. The first kappa shape index (κ1) is 24.6. The van der Waals surface area contributed by atoms with Gasteiger partial charge in [0.25, 0.3) is 5.95 Å². The van der Waals surface area contributed by atoms with Gasteiger partial charge in [-0.25, -0.2) is 14.4 Å². The van der Waals surface area contributed by atoms with Crippen LogP contribution in [0.3, 0.4) is 0 Å². The third-order valence-corrected chi connectivity index (χ3v) is 5.71. The molecule has 0 unspecified atom stereocenters. The van der Waals surface area contributed by atoms with E-state index in [0.29, 0.717) is 11.4 Å². The first-order valence-corrected chi connectivity index (χ1v) is 12.0. The van der Waals surface area contributed by atoms with E-state index in [0.717, 1.165) is 40.8 Å². The van der Waals surface area contributed by atoms with Crippen LogP contribution in [0.4, 0.5) is 21.7 Å². The van der Waals surface area contributed by atoms with Crippen LogP contribution in [0.5, 0.6) is 5.75 Å². The first-order chi connectivity index (χ1) is 18.6. The van der Waals surface area contributed by atoms with Gasteiger partial charge in [0.1, 0.15) is 18.0 Å². The molecule has 9 heteroatoms. The van der Waals surface area contributed by atoms with Gasteiger partial charge in [-0.15, -0.1) is 5.11 Å². The second-order valence-electron chi connectivity index (χ2n) is 8.42. The van der Waals surface area contributed by atoms with Crippen LogP contribution in [0, 0.1) is 5.82 Å². The van der Waals surface area contributed by atoms with Crippen LogP contribution in [0.15, 0.2) is 101 Å². The van der Waals surface area contributed by atoms with Crippen molar-refractivity contribution in [1.29, 1.82) is 0 Å². The Labute approximate surface area is 219 Å². The number of pyridine rings is 2. The van der Waals surface area contributed by atoms with Crippen LogP contribution in [-0.4, -0.2) is 25.0 Å². The van der Waals surface area contributed by atoms with E-state index in [1.165, 1.54) is 0 Å². The van der Waals surface area contributed by atoms with Gasteiger partial charge >= 0.3 is 0 Å². The van der Waals surface area contributed by atoms with E-state index in [1.807, 2.05) is 67.6 Å². The average molecular weight is 506 g/mol. The molecule has 0 aliphatic rings. The van der Waals surface area contributed by atoms with Gasteiger partial charge in [0, 0.05) is 11.4 Å². The maximum Gasteiger partial charge on any atom is 0.269 e. The maximum atomic E-state index is 14.3. The number of phenolic OH excluding ortho intramolecular Hbond substituents is 1. The monoisotopic (exact) mass is 505 g/mol. The summed E-state index contributed by atoms with van der Waals surface area (Å²) < 4.78 is 14.3. The molecule has 5 aromatic rings. The predicted molar refractivity (Wildman–Crippen MR) is 144 cm³/mol. The van der Waals surface area contributed by atoms with Crippen molar-refractivity contribution >= 4 is 17.3 Å². The maximum absolute atomic E-state index is 14.3. The van der Waals surface area contributed by atoms with Crippen LogP contribution in [-0.2, 0) is 13.0 Å². The van der Waals surface area contributed by atoms with E-state index in [4.69, 9.17) is 0 Å². The number of phenols is 1. The van der Waals surface area contributed by atoms with Crippen LogP contribution >= 0.6 is 0 Å². The van der Waals surface area contributed by atoms with Gasteiger partial charge in [0.05, 0.1) is 29.5 Å². The summed E-state index contributed by atoms with van der Waals surface area (Å²) in [5, 5.41) is 21.2. The number of rotatable bonds is 8. The minimum Gasteiger partial charge on any atom is -0.508 e. The normalized spacial score (nSPS) is 11.1. The summed E-state index contributed by atoms with van der Waals surface area (Å²) in [5.41, 5.74) is 5.76. The van der Waals surface area contributed by atoms with Gasteiger partial charge in [-0.2, -0.15) is 5.11 Å². The summed E-state index contributed by atoms with van der Waals surface area (Å²) in [6.45, 7) is 2.20. The zero-order valence-electron chi connectivity index (χ0n) is 20.6. The molecule has 3 heterocycles. The van der Waals surface area contributed by atoms with Crippen LogP contribution < -0.4 is 5.32 Å². The van der Waals surface area contributed by atoms with Crippen molar-refractivity contribution in [2.24, 2.45) is 10.2 Å². The molecule has 3 aromatic heterocycles. The largest absolute Gasteiger partial charge is 0.508 e. The second kappa shape index (κ2) is 11.3. The minimum absolute atomic E-state index is 0.0533. The topological polar surface area (TPSA) is 109 Å². The second-order valence-corrected chi connectivity index (χ2v) is 8.42. The quantitative estimate of drug-likeness (QED) is 0.219. The molecule has 2 aromatic carbocycles. The Bertz CT molecular complexity index is 1570. The third kappa shape index (κ3) is 6.01. The highest BCUT2D eigenvalue weighted by Gasteiger charge is 2.11. The Morgan fingerprint density at radius 2 is 1.63 bits per heavy atom. The van der Waals surface area contributed by atoms with Crippen molar-refractivity contribution in [3.63, 3.8) is 0 Å². The lowest BCUT2D eigenvalue weighted by molar-refractivity contribution is 0.475. The van der Waals surface area contributed by atoms with Crippen molar-refractivity contribution in [3.05, 3.63) is 108 Å². The van der Waals surface area contributed by atoms with E-state index >= 15 is 0 Å². The van der Waals surface area contributed by atoms with Crippen LogP contribution in [0.1, 0.15) is 18.3 Å². The molecule has 2 N–H and O–H groups in total. The Morgan fingerprint density at radius 3 is 2.39 bits per heavy atom. The van der Waals surface area contributed by atoms with Gasteiger partial charge in [0.15, 0.2) is 5.82 Å². The molecule has 0 spiro atoms. The van der Waals surface area contributed by atoms with Gasteiger partial charge in [0.2, 0.25) is 0 Å². The number of nitrogens with zero attached hydrogens (tertiary/aromatic N) is 6. The van der Waals surface area contributed by atoms with Crippen molar-refractivity contribution in [2.45, 2.75) is 19.9 Å². The van der Waals surface area contributed by atoms with E-state index in [9.17, 15) is 9.50 Å². The van der Waals surface area contributed by atoms with Gasteiger partial charge in [-0.3, -0.25) is 9.97 Å². The van der Waals surface area contributed by atoms with E-state index in [2.05, 4.69) is 35.5 Å². The van der Waals surface area contributed by atoms with Crippen molar-refractivity contribution in [1.82, 2.24) is 19.9 Å². The number of aryl methyl sites for hydroxylation is 1. The molecule has 0 saturated heterocycles. The number of benzene rings is 2. The Morgan fingerprint density at radius 1 is 0.816 bits per heavy atom. The molecular weight excluding hydrogens is 481 g/mol. The Hall–Kier alpha value is -5.05. The Kier molecular flexibility index (Phi) is 7.35.